The fraction of sp³-hybridized carbons (Fsp3) is 0.100. The topological polar surface area (TPSA) is 76.3 Å². The third-order valence-corrected chi connectivity index (χ3v) is 6.12. The van der Waals surface area contributed by atoms with Gasteiger partial charge in [-0.2, -0.15) is 4.31 Å². The Kier molecular flexibility index (Phi) is 4.66. The van der Waals surface area contributed by atoms with Gasteiger partial charge in [-0.05, 0) is 23.8 Å². The maximum absolute atomic E-state index is 13.4. The summed E-state index contributed by atoms with van der Waals surface area (Å²) in [5.41, 5.74) is 2.12. The predicted octanol–water partition coefficient (Wildman–Crippen LogP) is 3.85. The maximum atomic E-state index is 13.4. The Labute approximate surface area is 161 Å². The van der Waals surface area contributed by atoms with Gasteiger partial charge < -0.3 is 4.52 Å². The van der Waals surface area contributed by atoms with E-state index < -0.39 is 15.8 Å². The van der Waals surface area contributed by atoms with Gasteiger partial charge in [-0.25, -0.2) is 17.8 Å². The monoisotopic (exact) mass is 397 g/mol. The summed E-state index contributed by atoms with van der Waals surface area (Å²) in [7, 11) is -2.40. The van der Waals surface area contributed by atoms with Gasteiger partial charge in [0.2, 0.25) is 10.0 Å². The number of fused-ring (bicyclic) bond motifs is 1. The van der Waals surface area contributed by atoms with Crippen LogP contribution in [0.25, 0.3) is 22.4 Å². The molecule has 0 aliphatic rings. The van der Waals surface area contributed by atoms with Gasteiger partial charge in [-0.15, -0.1) is 0 Å². The minimum atomic E-state index is -3.84. The van der Waals surface area contributed by atoms with Crippen LogP contribution in [0.4, 0.5) is 4.39 Å². The molecule has 0 fully saturated rings. The van der Waals surface area contributed by atoms with Crippen molar-refractivity contribution >= 4 is 21.1 Å². The first-order valence-electron chi connectivity index (χ1n) is 8.47. The summed E-state index contributed by atoms with van der Waals surface area (Å²) in [6.45, 7) is 0.0350. The summed E-state index contributed by atoms with van der Waals surface area (Å²) in [6, 6.07) is 16.6. The van der Waals surface area contributed by atoms with Crippen molar-refractivity contribution in [1.82, 2.24) is 14.4 Å². The quantitative estimate of drug-likeness (QED) is 0.511. The van der Waals surface area contributed by atoms with Gasteiger partial charge in [0.15, 0.2) is 0 Å². The molecule has 0 aliphatic heterocycles. The highest BCUT2D eigenvalue weighted by molar-refractivity contribution is 7.89. The molecule has 4 aromatic rings. The number of aromatic nitrogens is 2. The number of nitrogens with zero attached hydrogens (tertiary/aromatic N) is 3. The summed E-state index contributed by atoms with van der Waals surface area (Å²) in [5.74, 6) is -0.414. The zero-order valence-electron chi connectivity index (χ0n) is 14.9. The Morgan fingerprint density at radius 2 is 1.86 bits per heavy atom. The molecule has 0 spiro atoms. The lowest BCUT2D eigenvalue weighted by Gasteiger charge is -2.17. The van der Waals surface area contributed by atoms with E-state index in [9.17, 15) is 12.8 Å². The standard InChI is InChI=1S/C20H16FN3O3S/c1-24(13-14-6-5-9-16(21)10-14)28(25,26)17-11-18-19(15-7-3-2-4-8-15)23-27-20(18)22-12-17/h2-12H,13H2,1H3. The highest BCUT2D eigenvalue weighted by Crippen LogP contribution is 2.29. The van der Waals surface area contributed by atoms with E-state index in [1.54, 1.807) is 12.1 Å². The molecule has 2 aromatic heterocycles. The van der Waals surface area contributed by atoms with Crippen molar-refractivity contribution in [2.75, 3.05) is 7.05 Å². The molecule has 2 heterocycles. The number of hydrogen-bond donors (Lipinski definition) is 0. The van der Waals surface area contributed by atoms with E-state index in [-0.39, 0.29) is 17.2 Å². The molecular weight excluding hydrogens is 381 g/mol. The first-order chi connectivity index (χ1) is 13.4. The molecule has 0 saturated heterocycles. The number of sulfonamides is 1. The molecule has 6 nitrogen and oxygen atoms in total. The van der Waals surface area contributed by atoms with Crippen LogP contribution in [0.1, 0.15) is 5.56 Å². The van der Waals surface area contributed by atoms with Gasteiger partial charge in [-0.1, -0.05) is 47.6 Å². The lowest BCUT2D eigenvalue weighted by molar-refractivity contribution is 0.451. The lowest BCUT2D eigenvalue weighted by Crippen LogP contribution is -2.26. The maximum Gasteiger partial charge on any atom is 0.258 e. The van der Waals surface area contributed by atoms with E-state index in [0.29, 0.717) is 16.6 Å². The number of hydrogen-bond acceptors (Lipinski definition) is 5. The molecule has 0 N–H and O–H groups in total. The second kappa shape index (κ2) is 7.14. The summed E-state index contributed by atoms with van der Waals surface area (Å²) >= 11 is 0. The number of pyridine rings is 1. The third kappa shape index (κ3) is 3.39. The van der Waals surface area contributed by atoms with Crippen LogP contribution in [-0.4, -0.2) is 29.9 Å². The van der Waals surface area contributed by atoms with Gasteiger partial charge in [0.05, 0.1) is 11.6 Å². The summed E-state index contributed by atoms with van der Waals surface area (Å²) in [6.07, 6.45) is 1.24. The molecule has 142 valence electrons. The van der Waals surface area contributed by atoms with E-state index in [1.807, 2.05) is 30.3 Å². The van der Waals surface area contributed by atoms with Crippen LogP contribution in [0.15, 0.2) is 76.3 Å². The molecule has 0 bridgehead atoms. The highest BCUT2D eigenvalue weighted by atomic mass is 32.2. The molecule has 28 heavy (non-hydrogen) atoms. The molecule has 0 amide bonds. The summed E-state index contributed by atoms with van der Waals surface area (Å²) in [4.78, 5) is 4.12. The summed E-state index contributed by atoms with van der Waals surface area (Å²) in [5, 5.41) is 4.53. The molecule has 0 saturated carbocycles. The van der Waals surface area contributed by atoms with E-state index in [0.717, 1.165) is 9.87 Å². The van der Waals surface area contributed by atoms with Crippen LogP contribution < -0.4 is 0 Å². The van der Waals surface area contributed by atoms with Gasteiger partial charge in [0, 0.05) is 19.2 Å². The Bertz CT molecular complexity index is 1240. The molecule has 0 atom stereocenters. The van der Waals surface area contributed by atoms with Crippen molar-refractivity contribution in [2.24, 2.45) is 0 Å². The Balaban J connectivity index is 1.71. The SMILES string of the molecule is CN(Cc1cccc(F)c1)S(=O)(=O)c1cnc2onc(-c3ccccc3)c2c1. The second-order valence-electron chi connectivity index (χ2n) is 6.31. The van der Waals surface area contributed by atoms with Crippen molar-refractivity contribution in [3.63, 3.8) is 0 Å². The normalized spacial score (nSPS) is 12.0. The third-order valence-electron chi connectivity index (χ3n) is 4.35. The van der Waals surface area contributed by atoms with E-state index in [2.05, 4.69) is 10.1 Å². The van der Waals surface area contributed by atoms with Gasteiger partial charge in [-0.3, -0.25) is 0 Å². The van der Waals surface area contributed by atoms with Crippen LogP contribution in [0, 0.1) is 5.82 Å². The van der Waals surface area contributed by atoms with Gasteiger partial charge >= 0.3 is 0 Å². The van der Waals surface area contributed by atoms with E-state index in [1.165, 1.54) is 31.4 Å². The Hall–Kier alpha value is -3.10. The highest BCUT2D eigenvalue weighted by Gasteiger charge is 2.24. The molecule has 8 heteroatoms. The summed E-state index contributed by atoms with van der Waals surface area (Å²) < 4.78 is 45.7. The first kappa shape index (κ1) is 18.3. The zero-order valence-corrected chi connectivity index (χ0v) is 15.7. The number of halogens is 1. The van der Waals surface area contributed by atoms with E-state index >= 15 is 0 Å². The second-order valence-corrected chi connectivity index (χ2v) is 8.36. The fourth-order valence-corrected chi connectivity index (χ4v) is 4.05. The largest absolute Gasteiger partial charge is 0.335 e. The average Bonchev–Trinajstić information content (AvgIpc) is 3.12. The van der Waals surface area contributed by atoms with Crippen molar-refractivity contribution in [3.05, 3.63) is 78.2 Å². The van der Waals surface area contributed by atoms with Crippen molar-refractivity contribution in [1.29, 1.82) is 0 Å². The van der Waals surface area contributed by atoms with Crippen molar-refractivity contribution in [2.45, 2.75) is 11.4 Å². The van der Waals surface area contributed by atoms with Crippen LogP contribution >= 0.6 is 0 Å². The molecule has 2 aromatic carbocycles. The molecule has 0 radical (unpaired) electrons. The molecular formula is C20H16FN3O3S. The molecule has 4 rings (SSSR count). The van der Waals surface area contributed by atoms with Crippen molar-refractivity contribution < 1.29 is 17.3 Å². The van der Waals surface area contributed by atoms with Crippen LogP contribution in [0.5, 0.6) is 0 Å². The lowest BCUT2D eigenvalue weighted by atomic mass is 10.1. The first-order valence-corrected chi connectivity index (χ1v) is 9.91. The van der Waals surface area contributed by atoms with Gasteiger partial charge in [0.1, 0.15) is 16.4 Å². The number of benzene rings is 2. The predicted molar refractivity (Wildman–Crippen MR) is 102 cm³/mol. The minimum absolute atomic E-state index is 0.0132. The fourth-order valence-electron chi connectivity index (χ4n) is 2.92. The van der Waals surface area contributed by atoms with Gasteiger partial charge in [0.25, 0.3) is 5.71 Å². The Morgan fingerprint density at radius 1 is 1.07 bits per heavy atom. The minimum Gasteiger partial charge on any atom is -0.335 e. The average molecular weight is 397 g/mol. The zero-order chi connectivity index (χ0) is 19.7. The van der Waals surface area contributed by atoms with Crippen LogP contribution in [0.2, 0.25) is 0 Å². The van der Waals surface area contributed by atoms with Crippen molar-refractivity contribution in [3.8, 4) is 11.3 Å². The Morgan fingerprint density at radius 3 is 2.61 bits per heavy atom. The van der Waals surface area contributed by atoms with Crippen LogP contribution in [0.3, 0.4) is 0 Å². The van der Waals surface area contributed by atoms with Crippen LogP contribution in [-0.2, 0) is 16.6 Å². The molecule has 0 unspecified atom stereocenters. The smallest absolute Gasteiger partial charge is 0.258 e. The number of rotatable bonds is 5. The van der Waals surface area contributed by atoms with E-state index in [4.69, 9.17) is 4.52 Å². The molecule has 0 aliphatic carbocycles.